The van der Waals surface area contributed by atoms with Gasteiger partial charge < -0.3 is 15.0 Å². The average Bonchev–Trinajstić information content (AvgIpc) is 3.25. The zero-order valence-corrected chi connectivity index (χ0v) is 20.3. The van der Waals surface area contributed by atoms with Crippen molar-refractivity contribution in [2.24, 2.45) is 0 Å². The van der Waals surface area contributed by atoms with E-state index in [-0.39, 0.29) is 5.91 Å². The summed E-state index contributed by atoms with van der Waals surface area (Å²) in [6.07, 6.45) is 0. The van der Waals surface area contributed by atoms with Gasteiger partial charge in [0, 0.05) is 49.7 Å². The van der Waals surface area contributed by atoms with Gasteiger partial charge in [0.15, 0.2) is 5.13 Å². The second-order valence-electron chi connectivity index (χ2n) is 7.58. The summed E-state index contributed by atoms with van der Waals surface area (Å²) in [4.78, 5) is 23.2. The molecule has 0 bridgehead atoms. The zero-order chi connectivity index (χ0) is 22.3. The molecule has 0 unspecified atom stereocenters. The number of ether oxygens (including phenoxy) is 1. The molecule has 1 amide bonds. The summed E-state index contributed by atoms with van der Waals surface area (Å²) >= 11 is 3.48. The Kier molecular flexibility index (Phi) is 7.89. The number of thiazole rings is 1. The number of fused-ring (bicyclic) bond motifs is 1. The Hall–Kier alpha value is -2.29. The molecule has 32 heavy (non-hydrogen) atoms. The van der Waals surface area contributed by atoms with Crippen LogP contribution in [0.2, 0.25) is 0 Å². The molecule has 1 aliphatic heterocycles. The van der Waals surface area contributed by atoms with Gasteiger partial charge in [-0.25, -0.2) is 4.98 Å². The van der Waals surface area contributed by atoms with Crippen LogP contribution in [-0.2, 0) is 0 Å². The minimum absolute atomic E-state index is 0.00164. The molecule has 8 heteroatoms. The maximum absolute atomic E-state index is 12.5. The molecular weight excluding hydrogens is 440 g/mol. The van der Waals surface area contributed by atoms with Gasteiger partial charge in [0.1, 0.15) is 11.3 Å². The third kappa shape index (κ3) is 5.54. The van der Waals surface area contributed by atoms with Gasteiger partial charge in [0.25, 0.3) is 5.91 Å². The van der Waals surface area contributed by atoms with Crippen LogP contribution in [0.4, 0.5) is 5.13 Å². The maximum atomic E-state index is 12.5. The SMILES string of the molecule is CCOc1cccc2sc(N3CCN(CCNC(=O)c4cccc(SCC)c4)CC3)nc12. The van der Waals surface area contributed by atoms with Crippen molar-refractivity contribution in [3.05, 3.63) is 48.0 Å². The van der Waals surface area contributed by atoms with E-state index < -0.39 is 0 Å². The fourth-order valence-electron chi connectivity index (χ4n) is 3.80. The first-order valence-electron chi connectivity index (χ1n) is 11.2. The molecule has 1 aliphatic rings. The van der Waals surface area contributed by atoms with Crippen LogP contribution < -0.4 is 15.0 Å². The van der Waals surface area contributed by atoms with Crippen LogP contribution >= 0.6 is 23.1 Å². The van der Waals surface area contributed by atoms with E-state index in [1.54, 1.807) is 23.1 Å². The Balaban J connectivity index is 1.25. The molecule has 0 aliphatic carbocycles. The maximum Gasteiger partial charge on any atom is 0.251 e. The van der Waals surface area contributed by atoms with Crippen molar-refractivity contribution in [2.75, 3.05) is 56.5 Å². The van der Waals surface area contributed by atoms with E-state index in [4.69, 9.17) is 9.72 Å². The first kappa shape index (κ1) is 22.9. The van der Waals surface area contributed by atoms with Gasteiger partial charge in [-0.3, -0.25) is 9.69 Å². The van der Waals surface area contributed by atoms with Crippen molar-refractivity contribution in [2.45, 2.75) is 18.7 Å². The van der Waals surface area contributed by atoms with E-state index in [1.165, 1.54) is 0 Å². The van der Waals surface area contributed by atoms with Gasteiger partial charge in [-0.2, -0.15) is 0 Å². The Morgan fingerprint density at radius 2 is 1.97 bits per heavy atom. The number of nitrogens with one attached hydrogen (secondary N) is 1. The molecule has 0 radical (unpaired) electrons. The monoisotopic (exact) mass is 470 g/mol. The predicted molar refractivity (Wildman–Crippen MR) is 135 cm³/mol. The van der Waals surface area contributed by atoms with Crippen LogP contribution in [0.1, 0.15) is 24.2 Å². The van der Waals surface area contributed by atoms with E-state index in [9.17, 15) is 4.79 Å². The predicted octanol–water partition coefficient (Wildman–Crippen LogP) is 4.36. The fourth-order valence-corrected chi connectivity index (χ4v) is 5.56. The third-order valence-corrected chi connectivity index (χ3v) is 7.39. The summed E-state index contributed by atoms with van der Waals surface area (Å²) in [6.45, 7) is 10.1. The molecule has 4 rings (SSSR count). The highest BCUT2D eigenvalue weighted by molar-refractivity contribution is 7.99. The van der Waals surface area contributed by atoms with Gasteiger partial charge in [0.05, 0.1) is 11.3 Å². The number of amides is 1. The largest absolute Gasteiger partial charge is 0.492 e. The lowest BCUT2D eigenvalue weighted by molar-refractivity contribution is 0.0947. The smallest absolute Gasteiger partial charge is 0.251 e. The lowest BCUT2D eigenvalue weighted by atomic mass is 10.2. The minimum atomic E-state index is 0.00164. The minimum Gasteiger partial charge on any atom is -0.492 e. The van der Waals surface area contributed by atoms with Crippen molar-refractivity contribution >= 4 is 44.4 Å². The molecule has 2 aromatic carbocycles. The number of carbonyl (C=O) groups is 1. The second kappa shape index (κ2) is 11.0. The third-order valence-electron chi connectivity index (χ3n) is 5.43. The number of carbonyl (C=O) groups excluding carboxylic acids is 1. The molecule has 0 atom stereocenters. The highest BCUT2D eigenvalue weighted by Gasteiger charge is 2.20. The molecule has 2 heterocycles. The molecular formula is C24H30N4O2S2. The number of anilines is 1. The number of aromatic nitrogens is 1. The van der Waals surface area contributed by atoms with Crippen LogP contribution in [-0.4, -0.2) is 67.4 Å². The summed E-state index contributed by atoms with van der Waals surface area (Å²) in [5, 5.41) is 4.13. The van der Waals surface area contributed by atoms with Gasteiger partial charge in [-0.15, -0.1) is 11.8 Å². The number of para-hydroxylation sites is 1. The Morgan fingerprint density at radius 3 is 2.75 bits per heavy atom. The summed E-state index contributed by atoms with van der Waals surface area (Å²) in [6, 6.07) is 14.0. The number of piperazine rings is 1. The van der Waals surface area contributed by atoms with Crippen molar-refractivity contribution in [3.8, 4) is 5.75 Å². The topological polar surface area (TPSA) is 57.7 Å². The van der Waals surface area contributed by atoms with E-state index in [0.29, 0.717) is 13.2 Å². The Bertz CT molecular complexity index is 1050. The summed E-state index contributed by atoms with van der Waals surface area (Å²) in [5.41, 5.74) is 1.69. The highest BCUT2D eigenvalue weighted by atomic mass is 32.2. The summed E-state index contributed by atoms with van der Waals surface area (Å²) in [7, 11) is 0. The number of rotatable bonds is 9. The van der Waals surface area contributed by atoms with Crippen LogP contribution in [0.5, 0.6) is 5.75 Å². The van der Waals surface area contributed by atoms with E-state index in [0.717, 1.165) is 70.0 Å². The standard InChI is InChI=1S/C24H30N4O2S2/c1-3-30-20-9-6-10-21-22(20)26-24(32-21)28-15-13-27(14-16-28)12-11-25-23(29)18-7-5-8-19(17-18)31-4-2/h5-10,17H,3-4,11-16H2,1-2H3,(H,25,29). The molecule has 1 N–H and O–H groups in total. The number of hydrogen-bond donors (Lipinski definition) is 1. The lowest BCUT2D eigenvalue weighted by Crippen LogP contribution is -2.48. The molecule has 3 aromatic rings. The van der Waals surface area contributed by atoms with Crippen molar-refractivity contribution in [3.63, 3.8) is 0 Å². The Labute approximate surface area is 198 Å². The second-order valence-corrected chi connectivity index (χ2v) is 9.92. The Morgan fingerprint density at radius 1 is 1.16 bits per heavy atom. The van der Waals surface area contributed by atoms with Crippen molar-refractivity contribution in [1.29, 1.82) is 0 Å². The van der Waals surface area contributed by atoms with Gasteiger partial charge in [0.2, 0.25) is 0 Å². The van der Waals surface area contributed by atoms with Crippen LogP contribution in [0.15, 0.2) is 47.4 Å². The van der Waals surface area contributed by atoms with Crippen LogP contribution in [0.25, 0.3) is 10.2 Å². The zero-order valence-electron chi connectivity index (χ0n) is 18.7. The van der Waals surface area contributed by atoms with Crippen LogP contribution in [0, 0.1) is 0 Å². The molecule has 6 nitrogen and oxygen atoms in total. The first-order valence-corrected chi connectivity index (χ1v) is 13.0. The van der Waals surface area contributed by atoms with Crippen molar-refractivity contribution in [1.82, 2.24) is 15.2 Å². The average molecular weight is 471 g/mol. The fraction of sp³-hybridized carbons (Fsp3) is 0.417. The number of benzene rings is 2. The van der Waals surface area contributed by atoms with Gasteiger partial charge >= 0.3 is 0 Å². The lowest BCUT2D eigenvalue weighted by Gasteiger charge is -2.34. The molecule has 170 valence electrons. The molecule has 0 saturated carbocycles. The van der Waals surface area contributed by atoms with Gasteiger partial charge in [-0.1, -0.05) is 30.4 Å². The van der Waals surface area contributed by atoms with Gasteiger partial charge in [-0.05, 0) is 43.0 Å². The van der Waals surface area contributed by atoms with Crippen LogP contribution in [0.3, 0.4) is 0 Å². The molecule has 1 saturated heterocycles. The van der Waals surface area contributed by atoms with Crippen molar-refractivity contribution < 1.29 is 9.53 Å². The highest BCUT2D eigenvalue weighted by Crippen LogP contribution is 2.34. The molecule has 0 spiro atoms. The number of hydrogen-bond acceptors (Lipinski definition) is 7. The number of nitrogens with zero attached hydrogens (tertiary/aromatic N) is 3. The van der Waals surface area contributed by atoms with E-state index in [1.807, 2.05) is 43.3 Å². The first-order chi connectivity index (χ1) is 15.7. The quantitative estimate of drug-likeness (QED) is 0.469. The van der Waals surface area contributed by atoms with E-state index in [2.05, 4.69) is 28.1 Å². The molecule has 1 fully saturated rings. The molecule has 1 aromatic heterocycles. The number of thioether (sulfide) groups is 1. The van der Waals surface area contributed by atoms with E-state index >= 15 is 0 Å². The normalized spacial score (nSPS) is 14.6. The summed E-state index contributed by atoms with van der Waals surface area (Å²) < 4.78 is 6.90. The summed E-state index contributed by atoms with van der Waals surface area (Å²) in [5.74, 6) is 1.87.